The van der Waals surface area contributed by atoms with E-state index in [-0.39, 0.29) is 34.9 Å². The number of phenols is 1. The average Bonchev–Trinajstić information content (AvgIpc) is 3.45. The van der Waals surface area contributed by atoms with Crippen LogP contribution in [0.15, 0.2) is 64.8 Å². The zero-order valence-corrected chi connectivity index (χ0v) is 18.8. The first-order chi connectivity index (χ1) is 16.4. The number of likely N-dealkylation sites (tertiary alicyclic amines) is 1. The molecular formula is C25H23NO8. The Morgan fingerprint density at radius 3 is 2.35 bits per heavy atom. The third-order valence-corrected chi connectivity index (χ3v) is 5.63. The number of carbonyl (C=O) groups excluding carboxylic acids is 2. The third kappa shape index (κ3) is 3.92. The van der Waals surface area contributed by atoms with Crippen molar-refractivity contribution in [3.8, 4) is 23.0 Å². The van der Waals surface area contributed by atoms with Crippen molar-refractivity contribution in [2.75, 3.05) is 21.3 Å². The van der Waals surface area contributed by atoms with Gasteiger partial charge in [-0.05, 0) is 48.0 Å². The molecule has 9 nitrogen and oxygen atoms in total. The highest BCUT2D eigenvalue weighted by Crippen LogP contribution is 2.44. The lowest BCUT2D eigenvalue weighted by Gasteiger charge is -2.25. The minimum absolute atomic E-state index is 0.0267. The molecule has 0 spiro atoms. The van der Waals surface area contributed by atoms with Crippen LogP contribution >= 0.6 is 0 Å². The van der Waals surface area contributed by atoms with Gasteiger partial charge in [-0.15, -0.1) is 0 Å². The number of furan rings is 1. The van der Waals surface area contributed by atoms with E-state index in [4.69, 9.17) is 18.6 Å². The van der Waals surface area contributed by atoms with Gasteiger partial charge in [0.1, 0.15) is 23.0 Å². The van der Waals surface area contributed by atoms with Gasteiger partial charge in [0, 0.05) is 0 Å². The highest BCUT2D eigenvalue weighted by Gasteiger charge is 2.47. The predicted octanol–water partition coefficient (Wildman–Crippen LogP) is 3.63. The molecule has 1 fully saturated rings. The van der Waals surface area contributed by atoms with Crippen LogP contribution in [0.2, 0.25) is 0 Å². The summed E-state index contributed by atoms with van der Waals surface area (Å²) in [6, 6.07) is 11.6. The van der Waals surface area contributed by atoms with Gasteiger partial charge >= 0.3 is 0 Å². The summed E-state index contributed by atoms with van der Waals surface area (Å²) in [5.41, 5.74) is 0.417. The Labute approximate surface area is 195 Å². The van der Waals surface area contributed by atoms with E-state index in [1.165, 1.54) is 50.7 Å². The topological polar surface area (TPSA) is 119 Å². The quantitative estimate of drug-likeness (QED) is 0.309. The number of benzene rings is 2. The van der Waals surface area contributed by atoms with E-state index in [1.54, 1.807) is 30.3 Å². The number of hydrogen-bond acceptors (Lipinski definition) is 8. The number of aromatic hydroxyl groups is 1. The molecule has 1 amide bonds. The van der Waals surface area contributed by atoms with Crippen LogP contribution in [-0.4, -0.2) is 48.1 Å². The van der Waals surface area contributed by atoms with Gasteiger partial charge in [-0.2, -0.15) is 0 Å². The zero-order chi connectivity index (χ0) is 24.4. The number of phenolic OH excluding ortho intramolecular Hbond substituents is 1. The predicted molar refractivity (Wildman–Crippen MR) is 121 cm³/mol. The van der Waals surface area contributed by atoms with Gasteiger partial charge in [-0.25, -0.2) is 0 Å². The van der Waals surface area contributed by atoms with E-state index >= 15 is 0 Å². The van der Waals surface area contributed by atoms with Crippen LogP contribution in [-0.2, 0) is 16.1 Å². The van der Waals surface area contributed by atoms with Crippen molar-refractivity contribution in [3.05, 3.63) is 77.3 Å². The molecule has 34 heavy (non-hydrogen) atoms. The van der Waals surface area contributed by atoms with Crippen LogP contribution in [0.5, 0.6) is 23.0 Å². The van der Waals surface area contributed by atoms with Gasteiger partial charge in [0.2, 0.25) is 0 Å². The standard InChI is InChI=1S/C25H23NO8/c1-31-15-7-9-19(32-2)17(12-15)23(28)21-22(14-6-8-20(33-3)18(27)11-14)26(25(30)24(21)29)13-16-5-4-10-34-16/h4-12,22,27-28H,13H2,1-3H3/b23-21+. The van der Waals surface area contributed by atoms with Crippen molar-refractivity contribution < 1.29 is 38.4 Å². The first-order valence-electron chi connectivity index (χ1n) is 10.3. The number of rotatable bonds is 7. The number of ketones is 1. The fourth-order valence-electron chi connectivity index (χ4n) is 3.98. The average molecular weight is 465 g/mol. The summed E-state index contributed by atoms with van der Waals surface area (Å²) in [4.78, 5) is 27.6. The molecule has 0 radical (unpaired) electrons. The van der Waals surface area contributed by atoms with E-state index in [0.717, 1.165) is 0 Å². The third-order valence-electron chi connectivity index (χ3n) is 5.63. The molecular weight excluding hydrogens is 442 g/mol. The van der Waals surface area contributed by atoms with E-state index in [1.807, 2.05) is 0 Å². The molecule has 1 unspecified atom stereocenters. The van der Waals surface area contributed by atoms with Gasteiger partial charge < -0.3 is 33.7 Å². The molecule has 0 aliphatic carbocycles. The van der Waals surface area contributed by atoms with Crippen LogP contribution in [0.1, 0.15) is 22.9 Å². The maximum Gasteiger partial charge on any atom is 0.296 e. The Balaban J connectivity index is 1.93. The number of hydrogen-bond donors (Lipinski definition) is 2. The second-order valence-electron chi connectivity index (χ2n) is 7.50. The summed E-state index contributed by atoms with van der Waals surface area (Å²) < 4.78 is 21.1. The van der Waals surface area contributed by atoms with Crippen molar-refractivity contribution in [2.24, 2.45) is 0 Å². The van der Waals surface area contributed by atoms with Gasteiger partial charge in [0.15, 0.2) is 11.5 Å². The smallest absolute Gasteiger partial charge is 0.296 e. The molecule has 1 aromatic heterocycles. The molecule has 1 atom stereocenters. The lowest BCUT2D eigenvalue weighted by molar-refractivity contribution is -0.140. The maximum atomic E-state index is 13.2. The van der Waals surface area contributed by atoms with Gasteiger partial charge in [0.25, 0.3) is 11.7 Å². The van der Waals surface area contributed by atoms with E-state index < -0.39 is 23.5 Å². The molecule has 176 valence electrons. The molecule has 1 aliphatic rings. The normalized spacial score (nSPS) is 17.1. The molecule has 2 aromatic carbocycles. The van der Waals surface area contributed by atoms with Crippen molar-refractivity contribution >= 4 is 17.4 Å². The van der Waals surface area contributed by atoms with Crippen LogP contribution in [0.3, 0.4) is 0 Å². The second-order valence-corrected chi connectivity index (χ2v) is 7.50. The van der Waals surface area contributed by atoms with Crippen LogP contribution < -0.4 is 14.2 Å². The summed E-state index contributed by atoms with van der Waals surface area (Å²) in [6.45, 7) is -0.0267. The molecule has 1 aliphatic heterocycles. The van der Waals surface area contributed by atoms with E-state index in [2.05, 4.69) is 0 Å². The summed E-state index contributed by atoms with van der Waals surface area (Å²) in [7, 11) is 4.30. The highest BCUT2D eigenvalue weighted by molar-refractivity contribution is 6.46. The van der Waals surface area contributed by atoms with Crippen molar-refractivity contribution in [1.29, 1.82) is 0 Å². The summed E-state index contributed by atoms with van der Waals surface area (Å²) in [5, 5.41) is 21.7. The number of aliphatic hydroxyl groups excluding tert-OH is 1. The molecule has 0 saturated carbocycles. The number of carbonyl (C=O) groups is 2. The highest BCUT2D eigenvalue weighted by atomic mass is 16.5. The number of methoxy groups -OCH3 is 3. The van der Waals surface area contributed by atoms with Crippen LogP contribution in [0, 0.1) is 0 Å². The molecule has 3 aromatic rings. The Kier molecular flexibility index (Phi) is 6.18. The molecule has 0 bridgehead atoms. The second kappa shape index (κ2) is 9.22. The number of aliphatic hydroxyl groups is 1. The molecule has 9 heteroatoms. The van der Waals surface area contributed by atoms with Crippen LogP contribution in [0.25, 0.3) is 5.76 Å². The Morgan fingerprint density at radius 2 is 1.74 bits per heavy atom. The first-order valence-corrected chi connectivity index (χ1v) is 10.3. The van der Waals surface area contributed by atoms with E-state index in [9.17, 15) is 19.8 Å². The summed E-state index contributed by atoms with van der Waals surface area (Å²) in [5.74, 6) is -0.935. The van der Waals surface area contributed by atoms with Crippen molar-refractivity contribution in [2.45, 2.75) is 12.6 Å². The monoisotopic (exact) mass is 465 g/mol. The Morgan fingerprint density at radius 1 is 1.00 bits per heavy atom. The lowest BCUT2D eigenvalue weighted by Crippen LogP contribution is -2.29. The molecule has 2 heterocycles. The summed E-state index contributed by atoms with van der Waals surface area (Å²) >= 11 is 0. The van der Waals surface area contributed by atoms with Gasteiger partial charge in [0.05, 0.1) is 51.3 Å². The van der Waals surface area contributed by atoms with E-state index in [0.29, 0.717) is 17.1 Å². The number of nitrogens with zero attached hydrogens (tertiary/aromatic N) is 1. The fraction of sp³-hybridized carbons (Fsp3) is 0.200. The Hall–Kier alpha value is -4.40. The zero-order valence-electron chi connectivity index (χ0n) is 18.8. The minimum atomic E-state index is -1.02. The van der Waals surface area contributed by atoms with Crippen molar-refractivity contribution in [1.82, 2.24) is 4.90 Å². The number of ether oxygens (including phenoxy) is 3. The van der Waals surface area contributed by atoms with Crippen LogP contribution in [0.4, 0.5) is 0 Å². The fourth-order valence-corrected chi connectivity index (χ4v) is 3.98. The van der Waals surface area contributed by atoms with Gasteiger partial charge in [-0.1, -0.05) is 6.07 Å². The first kappa shape index (κ1) is 22.8. The SMILES string of the molecule is COc1ccc(OC)c(/C(O)=C2\C(=O)C(=O)N(Cc3ccco3)C2c2ccc(OC)c(O)c2)c1. The molecule has 1 saturated heterocycles. The summed E-state index contributed by atoms with van der Waals surface area (Å²) in [6.07, 6.45) is 1.46. The van der Waals surface area contributed by atoms with Gasteiger partial charge in [-0.3, -0.25) is 9.59 Å². The maximum absolute atomic E-state index is 13.2. The number of amides is 1. The molecule has 2 N–H and O–H groups in total. The number of Topliss-reactive ketones (excluding diaryl/α,β-unsaturated/α-hetero) is 1. The van der Waals surface area contributed by atoms with Crippen molar-refractivity contribution in [3.63, 3.8) is 0 Å². The molecule has 4 rings (SSSR count). The Bertz CT molecular complexity index is 1260. The minimum Gasteiger partial charge on any atom is -0.507 e. The largest absolute Gasteiger partial charge is 0.507 e. The lowest BCUT2D eigenvalue weighted by atomic mass is 9.94.